The van der Waals surface area contributed by atoms with Gasteiger partial charge in [-0.3, -0.25) is 0 Å². The Hall–Kier alpha value is -1.35. The quantitative estimate of drug-likeness (QED) is 0.477. The zero-order valence-corrected chi connectivity index (χ0v) is 12.5. The van der Waals surface area contributed by atoms with E-state index in [1.807, 2.05) is 6.08 Å². The maximum Gasteiger partial charge on any atom is 0.123 e. The largest absolute Gasteiger partial charge is 0.493 e. The third-order valence-electron chi connectivity index (χ3n) is 3.07. The number of rotatable bonds is 11. The second kappa shape index (κ2) is 10.4. The molecule has 0 saturated carbocycles. The van der Waals surface area contributed by atoms with E-state index in [1.165, 1.54) is 6.07 Å². The summed E-state index contributed by atoms with van der Waals surface area (Å²) >= 11 is 0. The van der Waals surface area contributed by atoms with Crippen LogP contribution in [-0.4, -0.2) is 13.2 Å². The molecule has 1 rings (SSSR count). The SMILES string of the molecule is C=CCCCCCOc1ccc(F)cc1CNCCC. The molecule has 0 saturated heterocycles. The van der Waals surface area contributed by atoms with E-state index in [4.69, 9.17) is 4.74 Å². The van der Waals surface area contributed by atoms with Crippen LogP contribution in [-0.2, 0) is 6.54 Å². The molecular formula is C17H26FNO. The van der Waals surface area contributed by atoms with Crippen LogP contribution in [0.5, 0.6) is 5.75 Å². The van der Waals surface area contributed by atoms with Crippen molar-refractivity contribution in [1.82, 2.24) is 5.32 Å². The highest BCUT2D eigenvalue weighted by molar-refractivity contribution is 5.33. The summed E-state index contributed by atoms with van der Waals surface area (Å²) in [6, 6.07) is 4.73. The summed E-state index contributed by atoms with van der Waals surface area (Å²) in [5, 5.41) is 3.28. The number of halogens is 1. The van der Waals surface area contributed by atoms with Gasteiger partial charge in [0.2, 0.25) is 0 Å². The van der Waals surface area contributed by atoms with Crippen LogP contribution >= 0.6 is 0 Å². The summed E-state index contributed by atoms with van der Waals surface area (Å²) in [5.74, 6) is 0.579. The molecule has 0 atom stereocenters. The van der Waals surface area contributed by atoms with Gasteiger partial charge in [-0.1, -0.05) is 13.0 Å². The van der Waals surface area contributed by atoms with Crippen LogP contribution < -0.4 is 10.1 Å². The minimum Gasteiger partial charge on any atom is -0.493 e. The van der Waals surface area contributed by atoms with Crippen molar-refractivity contribution in [2.45, 2.75) is 45.6 Å². The first-order valence-electron chi connectivity index (χ1n) is 7.50. The van der Waals surface area contributed by atoms with E-state index in [2.05, 4.69) is 18.8 Å². The molecule has 0 heterocycles. The van der Waals surface area contributed by atoms with Crippen molar-refractivity contribution in [2.75, 3.05) is 13.2 Å². The lowest BCUT2D eigenvalue weighted by atomic mass is 10.2. The Kier molecular flexibility index (Phi) is 8.72. The summed E-state index contributed by atoms with van der Waals surface area (Å²) in [6.45, 7) is 8.08. The van der Waals surface area contributed by atoms with Crippen LogP contribution in [0.1, 0.15) is 44.6 Å². The number of ether oxygens (including phenoxy) is 1. The predicted molar refractivity (Wildman–Crippen MR) is 82.6 cm³/mol. The lowest BCUT2D eigenvalue weighted by molar-refractivity contribution is 0.301. The van der Waals surface area contributed by atoms with E-state index in [0.29, 0.717) is 13.2 Å². The summed E-state index contributed by atoms with van der Waals surface area (Å²) < 4.78 is 19.1. The predicted octanol–water partition coefficient (Wildman–Crippen LogP) is 4.45. The highest BCUT2D eigenvalue weighted by Gasteiger charge is 2.05. The molecule has 0 spiro atoms. The zero-order valence-electron chi connectivity index (χ0n) is 12.5. The Morgan fingerprint density at radius 3 is 2.90 bits per heavy atom. The normalized spacial score (nSPS) is 10.5. The Bertz CT molecular complexity index is 393. The molecule has 0 amide bonds. The second-order valence-corrected chi connectivity index (χ2v) is 4.92. The van der Waals surface area contributed by atoms with E-state index in [0.717, 1.165) is 50.0 Å². The third kappa shape index (κ3) is 6.71. The van der Waals surface area contributed by atoms with Gasteiger partial charge in [-0.15, -0.1) is 6.58 Å². The standard InChI is InChI=1S/C17H26FNO/c1-3-5-6-7-8-12-20-17-10-9-16(18)13-15(17)14-19-11-4-2/h3,9-10,13,19H,1,4-8,11-12,14H2,2H3. The van der Waals surface area contributed by atoms with Crippen LogP contribution in [0.4, 0.5) is 4.39 Å². The maximum absolute atomic E-state index is 13.3. The molecule has 0 aliphatic rings. The van der Waals surface area contributed by atoms with Crippen molar-refractivity contribution in [2.24, 2.45) is 0 Å². The summed E-state index contributed by atoms with van der Waals surface area (Å²) in [4.78, 5) is 0. The Balaban J connectivity index is 2.40. The molecule has 0 aromatic heterocycles. The molecule has 1 aromatic rings. The van der Waals surface area contributed by atoms with E-state index in [-0.39, 0.29) is 5.82 Å². The smallest absolute Gasteiger partial charge is 0.123 e. The van der Waals surface area contributed by atoms with Crippen LogP contribution in [0.15, 0.2) is 30.9 Å². The van der Waals surface area contributed by atoms with Crippen molar-refractivity contribution in [3.05, 3.63) is 42.2 Å². The first-order valence-corrected chi connectivity index (χ1v) is 7.50. The van der Waals surface area contributed by atoms with Gasteiger partial charge >= 0.3 is 0 Å². The van der Waals surface area contributed by atoms with Gasteiger partial charge in [-0.05, 0) is 56.8 Å². The topological polar surface area (TPSA) is 21.3 Å². The molecule has 1 N–H and O–H groups in total. The van der Waals surface area contributed by atoms with Crippen LogP contribution in [0.2, 0.25) is 0 Å². The van der Waals surface area contributed by atoms with Gasteiger partial charge in [0, 0.05) is 12.1 Å². The Labute approximate surface area is 122 Å². The van der Waals surface area contributed by atoms with Crippen molar-refractivity contribution in [1.29, 1.82) is 0 Å². The molecular weight excluding hydrogens is 253 g/mol. The molecule has 3 heteroatoms. The Morgan fingerprint density at radius 2 is 2.15 bits per heavy atom. The van der Waals surface area contributed by atoms with E-state index in [1.54, 1.807) is 12.1 Å². The van der Waals surface area contributed by atoms with Gasteiger partial charge < -0.3 is 10.1 Å². The van der Waals surface area contributed by atoms with E-state index < -0.39 is 0 Å². The molecule has 112 valence electrons. The Morgan fingerprint density at radius 1 is 1.30 bits per heavy atom. The minimum atomic E-state index is -0.211. The maximum atomic E-state index is 13.3. The molecule has 2 nitrogen and oxygen atoms in total. The second-order valence-electron chi connectivity index (χ2n) is 4.92. The monoisotopic (exact) mass is 279 g/mol. The summed E-state index contributed by atoms with van der Waals surface area (Å²) in [7, 11) is 0. The lowest BCUT2D eigenvalue weighted by Crippen LogP contribution is -2.15. The highest BCUT2D eigenvalue weighted by Crippen LogP contribution is 2.20. The minimum absolute atomic E-state index is 0.211. The van der Waals surface area contributed by atoms with Crippen molar-refractivity contribution >= 4 is 0 Å². The van der Waals surface area contributed by atoms with Crippen molar-refractivity contribution in [3.63, 3.8) is 0 Å². The van der Waals surface area contributed by atoms with Gasteiger partial charge in [0.15, 0.2) is 0 Å². The number of allylic oxidation sites excluding steroid dienone is 1. The van der Waals surface area contributed by atoms with Gasteiger partial charge in [0.05, 0.1) is 6.61 Å². The van der Waals surface area contributed by atoms with Crippen LogP contribution in [0, 0.1) is 5.82 Å². The summed E-state index contributed by atoms with van der Waals surface area (Å²) in [5.41, 5.74) is 0.893. The van der Waals surface area contributed by atoms with Gasteiger partial charge in [0.25, 0.3) is 0 Å². The highest BCUT2D eigenvalue weighted by atomic mass is 19.1. The van der Waals surface area contributed by atoms with Gasteiger partial charge in [0.1, 0.15) is 11.6 Å². The molecule has 20 heavy (non-hydrogen) atoms. The van der Waals surface area contributed by atoms with Crippen LogP contribution in [0.3, 0.4) is 0 Å². The first-order chi connectivity index (χ1) is 9.77. The fourth-order valence-corrected chi connectivity index (χ4v) is 1.98. The van der Waals surface area contributed by atoms with Crippen LogP contribution in [0.25, 0.3) is 0 Å². The van der Waals surface area contributed by atoms with Gasteiger partial charge in [-0.25, -0.2) is 4.39 Å². The fraction of sp³-hybridized carbons (Fsp3) is 0.529. The average molecular weight is 279 g/mol. The number of unbranched alkanes of at least 4 members (excludes halogenated alkanes) is 3. The molecule has 1 aromatic carbocycles. The van der Waals surface area contributed by atoms with Crippen molar-refractivity contribution < 1.29 is 9.13 Å². The van der Waals surface area contributed by atoms with Gasteiger partial charge in [-0.2, -0.15) is 0 Å². The first kappa shape index (κ1) is 16.7. The van der Waals surface area contributed by atoms with E-state index >= 15 is 0 Å². The molecule has 0 aliphatic heterocycles. The molecule has 0 unspecified atom stereocenters. The molecule has 0 radical (unpaired) electrons. The number of hydrogen-bond donors (Lipinski definition) is 1. The fourth-order valence-electron chi connectivity index (χ4n) is 1.98. The number of benzene rings is 1. The number of nitrogens with one attached hydrogen (secondary N) is 1. The van der Waals surface area contributed by atoms with Crippen molar-refractivity contribution in [3.8, 4) is 5.75 Å². The molecule has 0 bridgehead atoms. The number of hydrogen-bond acceptors (Lipinski definition) is 2. The summed E-state index contributed by atoms with van der Waals surface area (Å²) in [6.07, 6.45) is 7.38. The third-order valence-corrected chi connectivity index (χ3v) is 3.07. The molecule has 0 fully saturated rings. The average Bonchev–Trinajstić information content (AvgIpc) is 2.45. The lowest BCUT2D eigenvalue weighted by Gasteiger charge is -2.12. The van der Waals surface area contributed by atoms with E-state index in [9.17, 15) is 4.39 Å². The molecule has 0 aliphatic carbocycles. The zero-order chi connectivity index (χ0) is 14.6.